The Hall–Kier alpha value is -3.33. The summed E-state index contributed by atoms with van der Waals surface area (Å²) in [6, 6.07) is 9.57. The van der Waals surface area contributed by atoms with E-state index in [0.717, 1.165) is 12.8 Å². The van der Waals surface area contributed by atoms with E-state index < -0.39 is 4.92 Å². The number of carbonyl (C=O) groups excluding carboxylic acids is 1. The highest BCUT2D eigenvalue weighted by molar-refractivity contribution is 6.34. The number of halogens is 2. The Morgan fingerprint density at radius 1 is 1.27 bits per heavy atom. The SMILES string of the molecule is O=C(c1ccc([N+](=O)[O-])cc1Cl)N1CCCC(c2nc(-c3ccc(F)cc3)no2)C1. The molecule has 1 aromatic heterocycles. The molecule has 0 bridgehead atoms. The Morgan fingerprint density at radius 3 is 2.73 bits per heavy atom. The van der Waals surface area contributed by atoms with Gasteiger partial charge >= 0.3 is 0 Å². The van der Waals surface area contributed by atoms with Crippen LogP contribution in [0.25, 0.3) is 11.4 Å². The molecule has 1 saturated heterocycles. The molecule has 3 aromatic rings. The number of benzene rings is 2. The van der Waals surface area contributed by atoms with Crippen molar-refractivity contribution in [3.63, 3.8) is 0 Å². The smallest absolute Gasteiger partial charge is 0.270 e. The second-order valence-electron chi connectivity index (χ2n) is 6.97. The van der Waals surface area contributed by atoms with Crippen molar-refractivity contribution >= 4 is 23.2 Å². The fraction of sp³-hybridized carbons (Fsp3) is 0.250. The molecule has 0 spiro atoms. The number of nitrogens with zero attached hydrogens (tertiary/aromatic N) is 4. The molecule has 1 aliphatic rings. The van der Waals surface area contributed by atoms with Gasteiger partial charge in [0.25, 0.3) is 11.6 Å². The molecule has 154 valence electrons. The lowest BCUT2D eigenvalue weighted by atomic mass is 9.97. The third kappa shape index (κ3) is 4.02. The van der Waals surface area contributed by atoms with Gasteiger partial charge in [0, 0.05) is 30.8 Å². The van der Waals surface area contributed by atoms with Crippen LogP contribution in [-0.2, 0) is 0 Å². The normalized spacial score (nSPS) is 16.5. The molecule has 0 saturated carbocycles. The minimum atomic E-state index is -0.564. The third-order valence-corrected chi connectivity index (χ3v) is 5.31. The second-order valence-corrected chi connectivity index (χ2v) is 7.38. The van der Waals surface area contributed by atoms with E-state index in [2.05, 4.69) is 10.1 Å². The summed E-state index contributed by atoms with van der Waals surface area (Å²) in [4.78, 5) is 29.2. The van der Waals surface area contributed by atoms with E-state index in [1.165, 1.54) is 30.3 Å². The first-order chi connectivity index (χ1) is 14.4. The van der Waals surface area contributed by atoms with Crippen molar-refractivity contribution in [1.29, 1.82) is 0 Å². The van der Waals surface area contributed by atoms with Crippen LogP contribution in [0.15, 0.2) is 47.0 Å². The van der Waals surface area contributed by atoms with Crippen LogP contribution in [0.4, 0.5) is 10.1 Å². The number of hydrogen-bond donors (Lipinski definition) is 0. The van der Waals surface area contributed by atoms with Crippen LogP contribution >= 0.6 is 11.6 Å². The van der Waals surface area contributed by atoms with Gasteiger partial charge in [-0.3, -0.25) is 14.9 Å². The van der Waals surface area contributed by atoms with Crippen LogP contribution in [0.2, 0.25) is 5.02 Å². The molecule has 1 atom stereocenters. The first-order valence-electron chi connectivity index (χ1n) is 9.25. The molecule has 0 aliphatic carbocycles. The Kier molecular flexibility index (Phi) is 5.45. The standard InChI is InChI=1S/C20H16ClFN4O4/c21-17-10-15(26(28)29)7-8-16(17)20(27)25-9-1-2-13(11-25)19-23-18(24-30-19)12-3-5-14(22)6-4-12/h3-8,10,13H,1-2,9,11H2. The predicted molar refractivity (Wildman–Crippen MR) is 106 cm³/mol. The molecule has 1 amide bonds. The Labute approximate surface area is 175 Å². The van der Waals surface area contributed by atoms with Gasteiger partial charge in [-0.05, 0) is 43.2 Å². The quantitative estimate of drug-likeness (QED) is 0.447. The number of piperidine rings is 1. The number of aromatic nitrogens is 2. The molecule has 10 heteroatoms. The van der Waals surface area contributed by atoms with Crippen molar-refractivity contribution in [3.8, 4) is 11.4 Å². The van der Waals surface area contributed by atoms with E-state index in [0.29, 0.717) is 30.4 Å². The van der Waals surface area contributed by atoms with Gasteiger partial charge in [0.05, 0.1) is 21.4 Å². The zero-order chi connectivity index (χ0) is 21.3. The van der Waals surface area contributed by atoms with Crippen LogP contribution in [-0.4, -0.2) is 39.0 Å². The molecule has 0 radical (unpaired) electrons. The maximum atomic E-state index is 13.1. The largest absolute Gasteiger partial charge is 0.339 e. The summed E-state index contributed by atoms with van der Waals surface area (Å²) in [6.45, 7) is 0.888. The number of nitro groups is 1. The maximum Gasteiger partial charge on any atom is 0.270 e. The summed E-state index contributed by atoms with van der Waals surface area (Å²) in [7, 11) is 0. The summed E-state index contributed by atoms with van der Waals surface area (Å²) < 4.78 is 18.5. The van der Waals surface area contributed by atoms with Crippen LogP contribution in [0.1, 0.15) is 35.0 Å². The number of non-ortho nitro benzene ring substituents is 1. The minimum absolute atomic E-state index is 0.0349. The van der Waals surface area contributed by atoms with Crippen LogP contribution in [0, 0.1) is 15.9 Å². The Bertz CT molecular complexity index is 1100. The lowest BCUT2D eigenvalue weighted by Crippen LogP contribution is -2.39. The van der Waals surface area contributed by atoms with Crippen LogP contribution in [0.3, 0.4) is 0 Å². The van der Waals surface area contributed by atoms with Crippen molar-refractivity contribution in [1.82, 2.24) is 15.0 Å². The summed E-state index contributed by atoms with van der Waals surface area (Å²) in [6.07, 6.45) is 1.50. The molecule has 8 nitrogen and oxygen atoms in total. The van der Waals surface area contributed by atoms with E-state index in [1.807, 2.05) is 0 Å². The third-order valence-electron chi connectivity index (χ3n) is 5.00. The summed E-state index contributed by atoms with van der Waals surface area (Å²) in [5, 5.41) is 14.9. The highest BCUT2D eigenvalue weighted by atomic mass is 35.5. The van der Waals surface area contributed by atoms with Gasteiger partial charge in [-0.2, -0.15) is 4.98 Å². The van der Waals surface area contributed by atoms with Gasteiger partial charge in [0.15, 0.2) is 0 Å². The number of amides is 1. The Balaban J connectivity index is 1.50. The van der Waals surface area contributed by atoms with Crippen LogP contribution in [0.5, 0.6) is 0 Å². The van der Waals surface area contributed by atoms with Gasteiger partial charge < -0.3 is 9.42 Å². The highest BCUT2D eigenvalue weighted by Crippen LogP contribution is 2.30. The monoisotopic (exact) mass is 430 g/mol. The van der Waals surface area contributed by atoms with E-state index in [4.69, 9.17) is 16.1 Å². The van der Waals surface area contributed by atoms with Crippen molar-refractivity contribution < 1.29 is 18.6 Å². The van der Waals surface area contributed by atoms with E-state index >= 15 is 0 Å². The zero-order valence-corrected chi connectivity index (χ0v) is 16.4. The van der Waals surface area contributed by atoms with Crippen molar-refractivity contribution in [2.24, 2.45) is 0 Å². The molecule has 2 aromatic carbocycles. The molecule has 30 heavy (non-hydrogen) atoms. The van der Waals surface area contributed by atoms with E-state index in [1.54, 1.807) is 17.0 Å². The summed E-state index contributed by atoms with van der Waals surface area (Å²) in [5.41, 5.74) is 0.667. The van der Waals surface area contributed by atoms with Crippen LogP contribution < -0.4 is 0 Å². The first-order valence-corrected chi connectivity index (χ1v) is 9.63. The lowest BCUT2D eigenvalue weighted by Gasteiger charge is -2.31. The average molecular weight is 431 g/mol. The van der Waals surface area contributed by atoms with Gasteiger partial charge in [-0.25, -0.2) is 4.39 Å². The minimum Gasteiger partial charge on any atom is -0.339 e. The summed E-state index contributed by atoms with van der Waals surface area (Å²) in [5.74, 6) is -0.0543. The fourth-order valence-electron chi connectivity index (χ4n) is 3.44. The van der Waals surface area contributed by atoms with Crippen molar-refractivity contribution in [2.45, 2.75) is 18.8 Å². The van der Waals surface area contributed by atoms with E-state index in [-0.39, 0.29) is 33.9 Å². The average Bonchev–Trinajstić information content (AvgIpc) is 3.24. The molecule has 1 unspecified atom stereocenters. The topological polar surface area (TPSA) is 102 Å². The molecule has 1 aliphatic heterocycles. The highest BCUT2D eigenvalue weighted by Gasteiger charge is 2.30. The van der Waals surface area contributed by atoms with Crippen molar-refractivity contribution in [2.75, 3.05) is 13.1 Å². The molecule has 2 heterocycles. The van der Waals surface area contributed by atoms with Crippen molar-refractivity contribution in [3.05, 3.63) is 74.9 Å². The predicted octanol–water partition coefficient (Wildman–Crippen LogP) is 4.46. The second kappa shape index (κ2) is 8.19. The molecule has 0 N–H and O–H groups in total. The van der Waals surface area contributed by atoms with Gasteiger partial charge in [0.1, 0.15) is 5.82 Å². The van der Waals surface area contributed by atoms with E-state index in [9.17, 15) is 19.3 Å². The Morgan fingerprint density at radius 2 is 2.03 bits per heavy atom. The number of carbonyl (C=O) groups is 1. The molecule has 4 rings (SSSR count). The lowest BCUT2D eigenvalue weighted by molar-refractivity contribution is -0.384. The number of hydrogen-bond acceptors (Lipinski definition) is 6. The maximum absolute atomic E-state index is 13.1. The molecular weight excluding hydrogens is 415 g/mol. The van der Waals surface area contributed by atoms with Gasteiger partial charge in [0.2, 0.25) is 11.7 Å². The first kappa shape index (κ1) is 20.0. The fourth-order valence-corrected chi connectivity index (χ4v) is 3.70. The zero-order valence-electron chi connectivity index (χ0n) is 15.6. The van der Waals surface area contributed by atoms with Gasteiger partial charge in [-0.1, -0.05) is 16.8 Å². The number of nitro benzene ring substituents is 1. The molecule has 1 fully saturated rings. The number of likely N-dealkylation sites (tertiary alicyclic amines) is 1. The number of rotatable bonds is 4. The molecular formula is C20H16ClFN4O4. The van der Waals surface area contributed by atoms with Gasteiger partial charge in [-0.15, -0.1) is 0 Å². The summed E-state index contributed by atoms with van der Waals surface area (Å²) >= 11 is 6.10.